The number of hydrogen-bond acceptors (Lipinski definition) is 3. The molecule has 0 aromatic rings. The van der Waals surface area contributed by atoms with E-state index in [9.17, 15) is 4.79 Å². The Kier molecular flexibility index (Phi) is 3.52. The third kappa shape index (κ3) is 2.60. The molecule has 1 aliphatic rings. The van der Waals surface area contributed by atoms with Crippen molar-refractivity contribution in [2.45, 2.75) is 13.3 Å². The van der Waals surface area contributed by atoms with Crippen molar-refractivity contribution in [2.75, 3.05) is 26.3 Å². The molecular formula is C8H15NO2. The lowest BCUT2D eigenvalue weighted by Crippen LogP contribution is -2.22. The van der Waals surface area contributed by atoms with Gasteiger partial charge in [-0.1, -0.05) is 0 Å². The van der Waals surface area contributed by atoms with Crippen molar-refractivity contribution >= 4 is 5.78 Å². The van der Waals surface area contributed by atoms with Gasteiger partial charge in [-0.25, -0.2) is 0 Å². The minimum atomic E-state index is 0.210. The van der Waals surface area contributed by atoms with Crippen LogP contribution in [-0.4, -0.2) is 32.1 Å². The van der Waals surface area contributed by atoms with Crippen LogP contribution >= 0.6 is 0 Å². The van der Waals surface area contributed by atoms with Crippen LogP contribution < -0.4 is 5.32 Å². The van der Waals surface area contributed by atoms with Crippen LogP contribution in [0.5, 0.6) is 0 Å². The first-order valence-electron chi connectivity index (χ1n) is 4.15. The van der Waals surface area contributed by atoms with E-state index >= 15 is 0 Å². The zero-order valence-electron chi connectivity index (χ0n) is 6.93. The van der Waals surface area contributed by atoms with Crippen molar-refractivity contribution < 1.29 is 9.53 Å². The minimum Gasteiger partial charge on any atom is -0.374 e. The fourth-order valence-corrected chi connectivity index (χ4v) is 1.25. The van der Waals surface area contributed by atoms with Gasteiger partial charge in [-0.15, -0.1) is 0 Å². The molecule has 0 aromatic carbocycles. The predicted molar refractivity (Wildman–Crippen MR) is 42.5 cm³/mol. The van der Waals surface area contributed by atoms with Gasteiger partial charge in [-0.3, -0.25) is 4.79 Å². The fraction of sp³-hybridized carbons (Fsp3) is 0.875. The summed E-state index contributed by atoms with van der Waals surface area (Å²) in [6.07, 6.45) is 0.978. The van der Waals surface area contributed by atoms with Crippen molar-refractivity contribution in [2.24, 2.45) is 5.92 Å². The van der Waals surface area contributed by atoms with Gasteiger partial charge in [0.2, 0.25) is 0 Å². The van der Waals surface area contributed by atoms with Crippen LogP contribution in [0.1, 0.15) is 13.3 Å². The number of hydrogen-bond donors (Lipinski definition) is 1. The van der Waals surface area contributed by atoms with E-state index in [0.717, 1.165) is 19.5 Å². The summed E-state index contributed by atoms with van der Waals surface area (Å²) < 4.78 is 5.03. The van der Waals surface area contributed by atoms with Crippen LogP contribution in [0, 0.1) is 5.92 Å². The van der Waals surface area contributed by atoms with Crippen LogP contribution in [0.2, 0.25) is 0 Å². The van der Waals surface area contributed by atoms with Gasteiger partial charge in [0.1, 0.15) is 6.61 Å². The smallest absolute Gasteiger partial charge is 0.162 e. The van der Waals surface area contributed by atoms with Gasteiger partial charge >= 0.3 is 0 Å². The van der Waals surface area contributed by atoms with Crippen molar-refractivity contribution in [3.63, 3.8) is 0 Å². The molecule has 0 bridgehead atoms. The minimum absolute atomic E-state index is 0.210. The number of Topliss-reactive ketones (excluding diaryl/α,β-unsaturated/α-hetero) is 1. The van der Waals surface area contributed by atoms with Crippen LogP contribution in [0.25, 0.3) is 0 Å². The normalized spacial score (nSPS) is 23.9. The molecule has 1 N–H and O–H groups in total. The molecule has 1 atom stereocenters. The molecule has 64 valence electrons. The number of ketones is 1. The predicted octanol–water partition coefficient (Wildman–Crippen LogP) is 0.201. The summed E-state index contributed by atoms with van der Waals surface area (Å²) in [4.78, 5) is 11.2. The van der Waals surface area contributed by atoms with Crippen molar-refractivity contribution in [3.05, 3.63) is 0 Å². The van der Waals surface area contributed by atoms with Gasteiger partial charge in [0.25, 0.3) is 0 Å². The third-order valence-electron chi connectivity index (χ3n) is 1.96. The first kappa shape index (κ1) is 8.68. The topological polar surface area (TPSA) is 38.3 Å². The van der Waals surface area contributed by atoms with Gasteiger partial charge in [-0.2, -0.15) is 0 Å². The molecule has 3 heteroatoms. The Labute approximate surface area is 67.1 Å². The molecular weight excluding hydrogens is 142 g/mol. The van der Waals surface area contributed by atoms with Gasteiger partial charge < -0.3 is 10.1 Å². The molecule has 1 heterocycles. The quantitative estimate of drug-likeness (QED) is 0.633. The molecule has 1 unspecified atom stereocenters. The second-order valence-corrected chi connectivity index (χ2v) is 2.79. The van der Waals surface area contributed by atoms with E-state index in [0.29, 0.717) is 13.2 Å². The van der Waals surface area contributed by atoms with E-state index in [1.54, 1.807) is 0 Å². The summed E-state index contributed by atoms with van der Waals surface area (Å²) in [5.41, 5.74) is 0. The lowest BCUT2D eigenvalue weighted by molar-refractivity contribution is -0.126. The number of nitrogens with one attached hydrogen (secondary N) is 1. The van der Waals surface area contributed by atoms with E-state index < -0.39 is 0 Å². The highest BCUT2D eigenvalue weighted by Crippen LogP contribution is 2.08. The first-order valence-corrected chi connectivity index (χ1v) is 4.15. The maximum atomic E-state index is 11.2. The summed E-state index contributed by atoms with van der Waals surface area (Å²) in [7, 11) is 0. The molecule has 3 nitrogen and oxygen atoms in total. The Hall–Kier alpha value is -0.410. The number of carbonyl (C=O) groups is 1. The maximum Gasteiger partial charge on any atom is 0.162 e. The highest BCUT2D eigenvalue weighted by atomic mass is 16.5. The average Bonchev–Trinajstić information content (AvgIpc) is 2.52. The SMILES string of the molecule is CCOCC(=O)C1CCNC1. The molecule has 0 radical (unpaired) electrons. The van der Waals surface area contributed by atoms with Crippen LogP contribution in [0.4, 0.5) is 0 Å². The molecule has 0 saturated carbocycles. The standard InChI is InChI=1S/C8H15NO2/c1-2-11-6-8(10)7-3-4-9-5-7/h7,9H,2-6H2,1H3. The second-order valence-electron chi connectivity index (χ2n) is 2.79. The summed E-state index contributed by atoms with van der Waals surface area (Å²) >= 11 is 0. The lowest BCUT2D eigenvalue weighted by Gasteiger charge is -2.05. The van der Waals surface area contributed by atoms with E-state index in [1.807, 2.05) is 6.92 Å². The summed E-state index contributed by atoms with van der Waals surface area (Å²) in [5, 5.41) is 3.15. The Morgan fingerprint density at radius 1 is 1.73 bits per heavy atom. The summed E-state index contributed by atoms with van der Waals surface area (Å²) in [6, 6.07) is 0. The number of rotatable bonds is 4. The molecule has 1 fully saturated rings. The molecule has 0 amide bonds. The highest BCUT2D eigenvalue weighted by molar-refractivity contribution is 5.82. The maximum absolute atomic E-state index is 11.2. The van der Waals surface area contributed by atoms with Gasteiger partial charge in [0.15, 0.2) is 5.78 Å². The zero-order chi connectivity index (χ0) is 8.10. The second kappa shape index (κ2) is 4.46. The highest BCUT2D eigenvalue weighted by Gasteiger charge is 2.21. The molecule has 0 aliphatic carbocycles. The van der Waals surface area contributed by atoms with Crippen molar-refractivity contribution in [1.29, 1.82) is 0 Å². The average molecular weight is 157 g/mol. The summed E-state index contributed by atoms with van der Waals surface area (Å²) in [6.45, 7) is 4.64. The largest absolute Gasteiger partial charge is 0.374 e. The number of ether oxygens (including phenoxy) is 1. The fourth-order valence-electron chi connectivity index (χ4n) is 1.25. The van der Waals surface area contributed by atoms with Gasteiger partial charge in [0.05, 0.1) is 0 Å². The summed E-state index contributed by atoms with van der Waals surface area (Å²) in [5.74, 6) is 0.457. The van der Waals surface area contributed by atoms with E-state index in [2.05, 4.69) is 5.32 Å². The Bertz CT molecular complexity index is 130. The molecule has 11 heavy (non-hydrogen) atoms. The molecule has 1 saturated heterocycles. The van der Waals surface area contributed by atoms with E-state index in [4.69, 9.17) is 4.74 Å². The van der Waals surface area contributed by atoms with Crippen LogP contribution in [0.3, 0.4) is 0 Å². The Morgan fingerprint density at radius 2 is 2.55 bits per heavy atom. The first-order chi connectivity index (χ1) is 5.34. The van der Waals surface area contributed by atoms with Gasteiger partial charge in [0, 0.05) is 19.1 Å². The Morgan fingerprint density at radius 3 is 3.09 bits per heavy atom. The zero-order valence-corrected chi connectivity index (χ0v) is 6.93. The molecule has 1 rings (SSSR count). The van der Waals surface area contributed by atoms with E-state index in [-0.39, 0.29) is 11.7 Å². The van der Waals surface area contributed by atoms with Gasteiger partial charge in [-0.05, 0) is 19.9 Å². The third-order valence-corrected chi connectivity index (χ3v) is 1.96. The lowest BCUT2D eigenvalue weighted by atomic mass is 10.0. The molecule has 0 spiro atoms. The molecule has 0 aromatic heterocycles. The van der Waals surface area contributed by atoms with Crippen LogP contribution in [0.15, 0.2) is 0 Å². The Balaban J connectivity index is 2.17. The molecule has 1 aliphatic heterocycles. The monoisotopic (exact) mass is 157 g/mol. The number of carbonyl (C=O) groups excluding carboxylic acids is 1. The van der Waals surface area contributed by atoms with Crippen molar-refractivity contribution in [3.8, 4) is 0 Å². The van der Waals surface area contributed by atoms with Crippen molar-refractivity contribution in [1.82, 2.24) is 5.32 Å². The van der Waals surface area contributed by atoms with E-state index in [1.165, 1.54) is 0 Å². The van der Waals surface area contributed by atoms with Crippen LogP contribution in [-0.2, 0) is 9.53 Å².